The van der Waals surface area contributed by atoms with Crippen molar-refractivity contribution in [3.8, 4) is 0 Å². The van der Waals surface area contributed by atoms with Crippen molar-refractivity contribution in [3.63, 3.8) is 0 Å². The van der Waals surface area contributed by atoms with Crippen LogP contribution in [-0.4, -0.2) is 28.9 Å². The Morgan fingerprint density at radius 3 is 2.05 bits per heavy atom. The molecule has 0 radical (unpaired) electrons. The van der Waals surface area contributed by atoms with Crippen molar-refractivity contribution < 1.29 is 9.59 Å². The summed E-state index contributed by atoms with van der Waals surface area (Å²) in [5.41, 5.74) is 0.405. The van der Waals surface area contributed by atoms with Crippen molar-refractivity contribution >= 4 is 40.8 Å². The third-order valence-electron chi connectivity index (χ3n) is 3.07. The monoisotopic (exact) mass is 300 g/mol. The predicted octanol–water partition coefficient (Wildman–Crippen LogP) is 3.56. The summed E-state index contributed by atoms with van der Waals surface area (Å²) in [5, 5.41) is 0.775. The van der Waals surface area contributed by atoms with Crippen LogP contribution in [0.25, 0.3) is 0 Å². The van der Waals surface area contributed by atoms with Gasteiger partial charge >= 0.3 is 6.03 Å². The standard InChI is InChI=1S/C13H14Cl2N2O2/c1-7(2)16-8(3)12(18)17(13(16)19)11-5-9(14)4-10(15)6-11/h4-8H,1-3H3. The van der Waals surface area contributed by atoms with E-state index in [1.165, 1.54) is 4.90 Å². The number of carbonyl (C=O) groups is 2. The fourth-order valence-corrected chi connectivity index (χ4v) is 2.77. The van der Waals surface area contributed by atoms with E-state index in [1.807, 2.05) is 13.8 Å². The van der Waals surface area contributed by atoms with Gasteiger partial charge in [0.2, 0.25) is 0 Å². The van der Waals surface area contributed by atoms with Crippen LogP contribution >= 0.6 is 23.2 Å². The Balaban J connectivity index is 2.45. The van der Waals surface area contributed by atoms with Crippen LogP contribution < -0.4 is 4.90 Å². The zero-order valence-electron chi connectivity index (χ0n) is 10.9. The van der Waals surface area contributed by atoms with Gasteiger partial charge in [0.15, 0.2) is 0 Å². The van der Waals surface area contributed by atoms with Crippen LogP contribution in [0, 0.1) is 0 Å². The number of benzene rings is 1. The molecule has 1 aromatic carbocycles. The number of hydrogen-bond donors (Lipinski definition) is 0. The Morgan fingerprint density at radius 1 is 1.11 bits per heavy atom. The van der Waals surface area contributed by atoms with Gasteiger partial charge in [-0.2, -0.15) is 0 Å². The van der Waals surface area contributed by atoms with Crippen molar-refractivity contribution in [3.05, 3.63) is 28.2 Å². The fraction of sp³-hybridized carbons (Fsp3) is 0.385. The van der Waals surface area contributed by atoms with Crippen LogP contribution in [0.15, 0.2) is 18.2 Å². The van der Waals surface area contributed by atoms with E-state index in [0.717, 1.165) is 4.90 Å². The summed E-state index contributed by atoms with van der Waals surface area (Å²) in [6.45, 7) is 5.46. The molecule has 102 valence electrons. The highest BCUT2D eigenvalue weighted by atomic mass is 35.5. The maximum Gasteiger partial charge on any atom is 0.332 e. The number of urea groups is 1. The van der Waals surface area contributed by atoms with E-state index >= 15 is 0 Å². The molecular formula is C13H14Cl2N2O2. The van der Waals surface area contributed by atoms with Gasteiger partial charge in [-0.25, -0.2) is 9.69 Å². The highest BCUT2D eigenvalue weighted by Gasteiger charge is 2.44. The second kappa shape index (κ2) is 5.02. The minimum atomic E-state index is -0.481. The van der Waals surface area contributed by atoms with Crippen LogP contribution in [0.2, 0.25) is 10.0 Å². The van der Waals surface area contributed by atoms with Crippen LogP contribution in [0.1, 0.15) is 20.8 Å². The molecule has 4 nitrogen and oxygen atoms in total. The van der Waals surface area contributed by atoms with E-state index < -0.39 is 6.04 Å². The Hall–Kier alpha value is -1.26. The third-order valence-corrected chi connectivity index (χ3v) is 3.51. The number of imide groups is 1. The second-order valence-corrected chi connectivity index (χ2v) is 5.63. The summed E-state index contributed by atoms with van der Waals surface area (Å²) in [4.78, 5) is 27.2. The number of carbonyl (C=O) groups excluding carboxylic acids is 2. The molecule has 1 heterocycles. The Labute approximate surface area is 121 Å². The van der Waals surface area contributed by atoms with Crippen molar-refractivity contribution in [1.29, 1.82) is 0 Å². The summed E-state index contributed by atoms with van der Waals surface area (Å²) in [5.74, 6) is -0.267. The van der Waals surface area contributed by atoms with Gasteiger partial charge in [-0.1, -0.05) is 23.2 Å². The number of halogens is 2. The molecule has 0 aromatic heterocycles. The van der Waals surface area contributed by atoms with E-state index in [0.29, 0.717) is 15.7 Å². The smallest absolute Gasteiger partial charge is 0.310 e. The summed E-state index contributed by atoms with van der Waals surface area (Å²) in [6, 6.07) is 3.79. The largest absolute Gasteiger partial charge is 0.332 e. The lowest BCUT2D eigenvalue weighted by Crippen LogP contribution is -2.39. The molecular weight excluding hydrogens is 287 g/mol. The Kier molecular flexibility index (Phi) is 3.74. The first-order chi connectivity index (χ1) is 8.82. The van der Waals surface area contributed by atoms with Gasteiger partial charge in [0.25, 0.3) is 5.91 Å². The molecule has 0 N–H and O–H groups in total. The Bertz CT molecular complexity index is 525. The normalized spacial score (nSPS) is 19.8. The van der Waals surface area contributed by atoms with Gasteiger partial charge < -0.3 is 4.90 Å². The molecule has 19 heavy (non-hydrogen) atoms. The van der Waals surface area contributed by atoms with Crippen molar-refractivity contribution in [2.75, 3.05) is 4.90 Å². The van der Waals surface area contributed by atoms with E-state index in [1.54, 1.807) is 25.1 Å². The van der Waals surface area contributed by atoms with Gasteiger partial charge in [-0.05, 0) is 39.0 Å². The summed E-state index contributed by atoms with van der Waals surface area (Å²) in [6.07, 6.45) is 0. The topological polar surface area (TPSA) is 40.6 Å². The summed E-state index contributed by atoms with van der Waals surface area (Å²) >= 11 is 11.8. The number of rotatable bonds is 2. The zero-order chi connectivity index (χ0) is 14.3. The molecule has 1 aromatic rings. The molecule has 1 saturated heterocycles. The number of nitrogens with zero attached hydrogens (tertiary/aromatic N) is 2. The fourth-order valence-electron chi connectivity index (χ4n) is 2.26. The van der Waals surface area contributed by atoms with Gasteiger partial charge in [0.1, 0.15) is 6.04 Å². The first-order valence-corrected chi connectivity index (χ1v) is 6.71. The molecule has 1 fully saturated rings. The number of amides is 3. The van der Waals surface area contributed by atoms with Gasteiger partial charge in [-0.3, -0.25) is 4.79 Å². The summed E-state index contributed by atoms with van der Waals surface area (Å²) in [7, 11) is 0. The lowest BCUT2D eigenvalue weighted by atomic mass is 10.2. The van der Waals surface area contributed by atoms with Gasteiger partial charge in [0, 0.05) is 16.1 Å². The molecule has 2 rings (SSSR count). The van der Waals surface area contributed by atoms with Crippen LogP contribution in [0.4, 0.5) is 10.5 Å². The molecule has 6 heteroatoms. The molecule has 1 aliphatic rings. The third kappa shape index (κ3) is 2.42. The van der Waals surface area contributed by atoms with Crippen molar-refractivity contribution in [2.45, 2.75) is 32.9 Å². The minimum absolute atomic E-state index is 0.0499. The molecule has 0 saturated carbocycles. The number of anilines is 1. The van der Waals surface area contributed by atoms with Crippen molar-refractivity contribution in [2.24, 2.45) is 0 Å². The highest BCUT2D eigenvalue weighted by molar-refractivity contribution is 6.35. The first-order valence-electron chi connectivity index (χ1n) is 5.95. The molecule has 3 amide bonds. The second-order valence-electron chi connectivity index (χ2n) is 4.76. The summed E-state index contributed by atoms with van der Waals surface area (Å²) < 4.78 is 0. The van der Waals surface area contributed by atoms with E-state index in [9.17, 15) is 9.59 Å². The lowest BCUT2D eigenvalue weighted by Gasteiger charge is -2.23. The molecule has 0 aliphatic carbocycles. The molecule has 1 atom stereocenters. The van der Waals surface area contributed by atoms with Crippen LogP contribution in [0.5, 0.6) is 0 Å². The maximum absolute atomic E-state index is 12.3. The molecule has 1 unspecified atom stereocenters. The van der Waals surface area contributed by atoms with Crippen molar-refractivity contribution in [1.82, 2.24) is 4.90 Å². The predicted molar refractivity (Wildman–Crippen MR) is 75.8 cm³/mol. The average molecular weight is 301 g/mol. The molecule has 1 aliphatic heterocycles. The van der Waals surface area contributed by atoms with E-state index in [4.69, 9.17) is 23.2 Å². The van der Waals surface area contributed by atoms with E-state index in [2.05, 4.69) is 0 Å². The lowest BCUT2D eigenvalue weighted by molar-refractivity contribution is -0.119. The SMILES string of the molecule is CC(C)N1C(=O)N(c2cc(Cl)cc(Cl)c2)C(=O)C1C. The van der Waals surface area contributed by atoms with Gasteiger partial charge in [-0.15, -0.1) is 0 Å². The van der Waals surface area contributed by atoms with Gasteiger partial charge in [0.05, 0.1) is 5.69 Å². The average Bonchev–Trinajstić information content (AvgIpc) is 2.48. The highest BCUT2D eigenvalue weighted by Crippen LogP contribution is 2.31. The molecule has 0 bridgehead atoms. The quantitative estimate of drug-likeness (QED) is 0.784. The van der Waals surface area contributed by atoms with Crippen LogP contribution in [-0.2, 0) is 4.79 Å². The zero-order valence-corrected chi connectivity index (χ0v) is 12.4. The maximum atomic E-state index is 12.3. The first kappa shape index (κ1) is 14.2. The number of hydrogen-bond acceptors (Lipinski definition) is 2. The minimum Gasteiger partial charge on any atom is -0.310 e. The van der Waals surface area contributed by atoms with Crippen LogP contribution in [0.3, 0.4) is 0 Å². The molecule has 0 spiro atoms. The van der Waals surface area contributed by atoms with E-state index in [-0.39, 0.29) is 18.0 Å². The Morgan fingerprint density at radius 2 is 1.63 bits per heavy atom.